The van der Waals surface area contributed by atoms with E-state index in [4.69, 9.17) is 4.74 Å². The summed E-state index contributed by atoms with van der Waals surface area (Å²) in [5.74, 6) is -3.16. The lowest BCUT2D eigenvalue weighted by Gasteiger charge is -2.12. The van der Waals surface area contributed by atoms with Gasteiger partial charge in [0.15, 0.2) is 0 Å². The lowest BCUT2D eigenvalue weighted by atomic mass is 10.1. The second-order valence-electron chi connectivity index (χ2n) is 4.82. The Morgan fingerprint density at radius 2 is 1.62 bits per heavy atom. The molecular formula is C16H7F3O5. The molecule has 122 valence electrons. The van der Waals surface area contributed by atoms with E-state index in [1.54, 1.807) is 0 Å². The first-order valence-electron chi connectivity index (χ1n) is 6.56. The number of rotatable bonds is 2. The smallest absolute Gasteiger partial charge is 0.417 e. The maximum atomic E-state index is 12.9. The van der Waals surface area contributed by atoms with Crippen LogP contribution in [-0.4, -0.2) is 17.9 Å². The fourth-order valence-corrected chi connectivity index (χ4v) is 2.20. The lowest BCUT2D eigenvalue weighted by Crippen LogP contribution is -2.17. The van der Waals surface area contributed by atoms with E-state index in [1.165, 1.54) is 18.2 Å². The molecule has 2 aromatic rings. The molecule has 0 unspecified atom stereocenters. The quantitative estimate of drug-likeness (QED) is 0.478. The molecule has 0 aromatic heterocycles. The highest BCUT2D eigenvalue weighted by Crippen LogP contribution is 2.32. The lowest BCUT2D eigenvalue weighted by molar-refractivity contribution is -0.138. The highest BCUT2D eigenvalue weighted by atomic mass is 19.4. The minimum absolute atomic E-state index is 0.00418. The van der Waals surface area contributed by atoms with Gasteiger partial charge in [-0.3, -0.25) is 0 Å². The van der Waals surface area contributed by atoms with E-state index >= 15 is 0 Å². The molecule has 24 heavy (non-hydrogen) atoms. The fraction of sp³-hybridized carbons (Fsp3) is 0.0625. The van der Waals surface area contributed by atoms with Gasteiger partial charge in [0, 0.05) is 0 Å². The topological polar surface area (TPSA) is 69.7 Å². The Labute approximate surface area is 132 Å². The average molecular weight is 336 g/mol. The number of carbonyl (C=O) groups excluding carboxylic acids is 3. The van der Waals surface area contributed by atoms with Crippen LogP contribution in [0.15, 0.2) is 42.5 Å². The molecule has 3 rings (SSSR count). The van der Waals surface area contributed by atoms with E-state index < -0.39 is 35.2 Å². The van der Waals surface area contributed by atoms with Gasteiger partial charge in [0.25, 0.3) is 0 Å². The van der Waals surface area contributed by atoms with Crippen molar-refractivity contribution in [1.29, 1.82) is 0 Å². The van der Waals surface area contributed by atoms with Crippen LogP contribution in [-0.2, 0) is 10.9 Å². The monoisotopic (exact) mass is 336 g/mol. The van der Waals surface area contributed by atoms with E-state index in [0.29, 0.717) is 0 Å². The molecule has 0 aliphatic carbocycles. The van der Waals surface area contributed by atoms with Gasteiger partial charge in [-0.1, -0.05) is 12.1 Å². The van der Waals surface area contributed by atoms with Gasteiger partial charge in [-0.05, 0) is 30.3 Å². The van der Waals surface area contributed by atoms with Crippen LogP contribution in [0.25, 0.3) is 0 Å². The molecule has 0 saturated heterocycles. The Kier molecular flexibility index (Phi) is 3.59. The highest BCUT2D eigenvalue weighted by molar-refractivity contribution is 6.14. The Hall–Kier alpha value is -3.16. The van der Waals surface area contributed by atoms with Crippen LogP contribution in [0.3, 0.4) is 0 Å². The van der Waals surface area contributed by atoms with Crippen molar-refractivity contribution in [3.63, 3.8) is 0 Å². The second-order valence-corrected chi connectivity index (χ2v) is 4.82. The zero-order valence-corrected chi connectivity index (χ0v) is 11.7. The molecule has 0 radical (unpaired) electrons. The van der Waals surface area contributed by atoms with Gasteiger partial charge in [0.05, 0.1) is 22.3 Å². The predicted octanol–water partition coefficient (Wildman–Crippen LogP) is 3.24. The summed E-state index contributed by atoms with van der Waals surface area (Å²) in [6, 6.07) is 7.61. The molecule has 0 fully saturated rings. The first-order chi connectivity index (χ1) is 11.3. The van der Waals surface area contributed by atoms with Crippen LogP contribution in [0.2, 0.25) is 0 Å². The molecule has 8 heteroatoms. The number of esters is 3. The molecular weight excluding hydrogens is 329 g/mol. The fourth-order valence-electron chi connectivity index (χ4n) is 2.20. The summed E-state index contributed by atoms with van der Waals surface area (Å²) in [6.07, 6.45) is -4.72. The summed E-state index contributed by atoms with van der Waals surface area (Å²) in [5, 5.41) is 0. The first kappa shape index (κ1) is 15.7. The van der Waals surface area contributed by atoms with E-state index in [1.807, 2.05) is 0 Å². The summed E-state index contributed by atoms with van der Waals surface area (Å²) in [4.78, 5) is 34.8. The maximum Gasteiger partial charge on any atom is 0.417 e. The van der Waals surface area contributed by atoms with Crippen LogP contribution in [0, 0.1) is 0 Å². The van der Waals surface area contributed by atoms with E-state index in [9.17, 15) is 27.6 Å². The molecule has 0 amide bonds. The van der Waals surface area contributed by atoms with Gasteiger partial charge in [0.2, 0.25) is 0 Å². The van der Waals surface area contributed by atoms with E-state index in [-0.39, 0.29) is 16.9 Å². The Bertz CT molecular complexity index is 870. The Morgan fingerprint density at radius 3 is 2.33 bits per heavy atom. The van der Waals surface area contributed by atoms with Crippen LogP contribution >= 0.6 is 0 Å². The zero-order chi connectivity index (χ0) is 17.5. The summed E-state index contributed by atoms with van der Waals surface area (Å²) in [5.41, 5.74) is -1.92. The number of alkyl halides is 3. The molecule has 0 N–H and O–H groups in total. The molecule has 0 spiro atoms. The number of carbonyl (C=O) groups is 3. The van der Waals surface area contributed by atoms with Gasteiger partial charge in [-0.2, -0.15) is 13.2 Å². The van der Waals surface area contributed by atoms with E-state index in [2.05, 4.69) is 4.74 Å². The summed E-state index contributed by atoms with van der Waals surface area (Å²) >= 11 is 0. The van der Waals surface area contributed by atoms with Crippen molar-refractivity contribution in [1.82, 2.24) is 0 Å². The number of benzene rings is 2. The average Bonchev–Trinajstić information content (AvgIpc) is 2.81. The highest BCUT2D eigenvalue weighted by Gasteiger charge is 2.36. The molecule has 1 aliphatic heterocycles. The normalized spacial score (nSPS) is 13.5. The minimum Gasteiger partial charge on any atom is -0.423 e. The van der Waals surface area contributed by atoms with Crippen molar-refractivity contribution >= 4 is 17.9 Å². The van der Waals surface area contributed by atoms with Gasteiger partial charge in [-0.15, -0.1) is 0 Å². The standard InChI is InChI=1S/C16H7F3O5/c17-16(18,19)12-4-2-1-3-10(12)14(21)23-8-5-6-9-11(7-8)15(22)24-13(9)20/h1-7H. The summed E-state index contributed by atoms with van der Waals surface area (Å²) < 4.78 is 48.0. The van der Waals surface area contributed by atoms with Crippen LogP contribution in [0.4, 0.5) is 13.2 Å². The van der Waals surface area contributed by atoms with Crippen molar-refractivity contribution < 1.29 is 37.0 Å². The van der Waals surface area contributed by atoms with Gasteiger partial charge in [0.1, 0.15) is 5.75 Å². The predicted molar refractivity (Wildman–Crippen MR) is 72.6 cm³/mol. The SMILES string of the molecule is O=C1OC(=O)c2cc(OC(=O)c3ccccc3C(F)(F)F)ccc21. The molecule has 1 aliphatic rings. The first-order valence-corrected chi connectivity index (χ1v) is 6.56. The number of hydrogen-bond acceptors (Lipinski definition) is 5. The van der Waals surface area contributed by atoms with Crippen LogP contribution in [0.5, 0.6) is 5.75 Å². The number of halogens is 3. The minimum atomic E-state index is -4.72. The maximum absolute atomic E-state index is 12.9. The third kappa shape index (κ3) is 2.73. The summed E-state index contributed by atoms with van der Waals surface area (Å²) in [7, 11) is 0. The van der Waals surface area contributed by atoms with Crippen molar-refractivity contribution in [2.75, 3.05) is 0 Å². The van der Waals surface area contributed by atoms with Crippen molar-refractivity contribution in [2.45, 2.75) is 6.18 Å². The summed E-state index contributed by atoms with van der Waals surface area (Å²) in [6.45, 7) is 0. The zero-order valence-electron chi connectivity index (χ0n) is 11.7. The van der Waals surface area contributed by atoms with Crippen molar-refractivity contribution in [2.24, 2.45) is 0 Å². The number of cyclic esters (lactones) is 2. The molecule has 5 nitrogen and oxygen atoms in total. The van der Waals surface area contributed by atoms with Crippen molar-refractivity contribution in [3.05, 3.63) is 64.7 Å². The molecule has 0 atom stereocenters. The van der Waals surface area contributed by atoms with Crippen LogP contribution in [0.1, 0.15) is 36.6 Å². The number of fused-ring (bicyclic) bond motifs is 1. The van der Waals surface area contributed by atoms with Crippen LogP contribution < -0.4 is 4.74 Å². The van der Waals surface area contributed by atoms with Crippen molar-refractivity contribution in [3.8, 4) is 5.75 Å². The Balaban J connectivity index is 1.91. The Morgan fingerprint density at radius 1 is 0.958 bits per heavy atom. The largest absolute Gasteiger partial charge is 0.423 e. The second kappa shape index (κ2) is 5.48. The van der Waals surface area contributed by atoms with Gasteiger partial charge < -0.3 is 9.47 Å². The van der Waals surface area contributed by atoms with E-state index in [0.717, 1.165) is 24.3 Å². The van der Waals surface area contributed by atoms with Gasteiger partial charge in [-0.25, -0.2) is 14.4 Å². The number of hydrogen-bond donors (Lipinski definition) is 0. The third-order valence-corrected chi connectivity index (χ3v) is 3.28. The molecule has 0 saturated carbocycles. The van der Waals surface area contributed by atoms with Gasteiger partial charge >= 0.3 is 24.1 Å². The third-order valence-electron chi connectivity index (χ3n) is 3.28. The molecule has 2 aromatic carbocycles. The molecule has 0 bridgehead atoms. The number of ether oxygens (including phenoxy) is 2. The molecule has 1 heterocycles.